The second kappa shape index (κ2) is 6.92. The molecule has 0 bridgehead atoms. The quantitative estimate of drug-likeness (QED) is 0.425. The Kier molecular flexibility index (Phi) is 4.33. The molecule has 10 heteroatoms. The van der Waals surface area contributed by atoms with Gasteiger partial charge in [0.15, 0.2) is 0 Å². The number of H-pyrrole nitrogens is 2. The molecule has 0 aliphatic carbocycles. The van der Waals surface area contributed by atoms with Crippen LogP contribution in [0.25, 0.3) is 22.1 Å². The molecular weight excluding hydrogens is 406 g/mol. The Morgan fingerprint density at radius 1 is 1.07 bits per heavy atom. The minimum atomic E-state index is -3.88. The second-order valence-corrected chi connectivity index (χ2v) is 9.24. The van der Waals surface area contributed by atoms with Crippen LogP contribution in [0.4, 0.5) is 0 Å². The Labute approximate surface area is 170 Å². The molecule has 4 aromatic rings. The molecule has 3 aromatic heterocycles. The maximum absolute atomic E-state index is 13.4. The zero-order valence-corrected chi connectivity index (χ0v) is 16.7. The van der Waals surface area contributed by atoms with Crippen molar-refractivity contribution >= 4 is 31.9 Å². The van der Waals surface area contributed by atoms with E-state index in [4.69, 9.17) is 0 Å². The third-order valence-corrected chi connectivity index (χ3v) is 7.35. The summed E-state index contributed by atoms with van der Waals surface area (Å²) in [5.41, 5.74) is -0.385. The Balaban J connectivity index is 1.90. The lowest BCUT2D eigenvalue weighted by Crippen LogP contribution is -2.41. The molecule has 3 N–H and O–H groups in total. The summed E-state index contributed by atoms with van der Waals surface area (Å²) in [7, 11) is -3.88. The average molecular weight is 425 g/mol. The van der Waals surface area contributed by atoms with Crippen molar-refractivity contribution in [2.45, 2.75) is 28.7 Å². The monoisotopic (exact) mass is 425 g/mol. The maximum atomic E-state index is 13.4. The van der Waals surface area contributed by atoms with Gasteiger partial charge in [0.05, 0.1) is 27.5 Å². The van der Waals surface area contributed by atoms with Gasteiger partial charge in [-0.2, -0.15) is 0 Å². The van der Waals surface area contributed by atoms with Crippen LogP contribution in [0.15, 0.2) is 62.1 Å². The number of nitrogens with zero attached hydrogens (tertiary/aromatic N) is 2. The van der Waals surface area contributed by atoms with Crippen molar-refractivity contribution in [3.63, 3.8) is 0 Å². The number of sulfone groups is 1. The molecule has 1 saturated heterocycles. The number of aromatic nitrogens is 4. The van der Waals surface area contributed by atoms with Gasteiger partial charge in [-0.05, 0) is 38.1 Å². The number of aromatic amines is 2. The summed E-state index contributed by atoms with van der Waals surface area (Å²) in [5, 5.41) is 3.55. The summed E-state index contributed by atoms with van der Waals surface area (Å²) in [5.74, 6) is 0. The van der Waals surface area contributed by atoms with E-state index < -0.39 is 21.0 Å². The van der Waals surface area contributed by atoms with Crippen molar-refractivity contribution in [3.05, 3.63) is 63.4 Å². The van der Waals surface area contributed by atoms with Crippen molar-refractivity contribution in [1.29, 1.82) is 0 Å². The molecule has 5 rings (SSSR count). The van der Waals surface area contributed by atoms with Crippen LogP contribution < -0.4 is 16.4 Å². The summed E-state index contributed by atoms with van der Waals surface area (Å²) >= 11 is 0. The molecule has 1 aliphatic heterocycles. The van der Waals surface area contributed by atoms with Gasteiger partial charge in [0.1, 0.15) is 10.5 Å². The molecule has 0 saturated carbocycles. The molecule has 30 heavy (non-hydrogen) atoms. The molecule has 9 nitrogen and oxygen atoms in total. The Hall–Kier alpha value is -3.24. The number of piperidine rings is 1. The van der Waals surface area contributed by atoms with Gasteiger partial charge < -0.3 is 15.3 Å². The molecule has 0 amide bonds. The predicted octanol–water partition coefficient (Wildman–Crippen LogP) is 1.32. The number of hydrogen-bond donors (Lipinski definition) is 3. The fourth-order valence-electron chi connectivity index (χ4n) is 4.13. The summed E-state index contributed by atoms with van der Waals surface area (Å²) in [6, 6.07) is 7.88. The van der Waals surface area contributed by atoms with Gasteiger partial charge in [-0.25, -0.2) is 13.4 Å². The molecular formula is C20H19N5O4S. The van der Waals surface area contributed by atoms with E-state index in [1.807, 2.05) is 0 Å². The molecule has 1 fully saturated rings. The normalized spacial score (nSPS) is 15.7. The summed E-state index contributed by atoms with van der Waals surface area (Å²) < 4.78 is 28.2. The number of fused-ring (bicyclic) bond motifs is 3. The lowest BCUT2D eigenvalue weighted by molar-refractivity contribution is 0.368. The molecule has 1 aliphatic rings. The minimum absolute atomic E-state index is 0.0240. The Bertz CT molecular complexity index is 1480. The summed E-state index contributed by atoms with van der Waals surface area (Å²) in [6.45, 7) is 1.42. The number of benzene rings is 1. The van der Waals surface area contributed by atoms with E-state index in [0.29, 0.717) is 48.0 Å². The van der Waals surface area contributed by atoms with E-state index in [9.17, 15) is 18.0 Å². The van der Waals surface area contributed by atoms with Gasteiger partial charge in [-0.1, -0.05) is 18.2 Å². The predicted molar refractivity (Wildman–Crippen MR) is 112 cm³/mol. The van der Waals surface area contributed by atoms with Crippen molar-refractivity contribution in [3.8, 4) is 0 Å². The average Bonchev–Trinajstić information content (AvgIpc) is 3.21. The van der Waals surface area contributed by atoms with Gasteiger partial charge >= 0.3 is 11.1 Å². The van der Waals surface area contributed by atoms with Crippen LogP contribution in [-0.2, 0) is 9.84 Å². The molecule has 0 atom stereocenters. The SMILES string of the molecule is O=c1[nH]c2cnc3[nH]cc(S(=O)(=O)c4ccccc4)c3c2n(C2CCNCC2)c1=O. The van der Waals surface area contributed by atoms with Crippen molar-refractivity contribution in [2.24, 2.45) is 0 Å². The third kappa shape index (κ3) is 2.79. The summed E-state index contributed by atoms with van der Waals surface area (Å²) in [6.07, 6.45) is 4.16. The largest absolute Gasteiger partial charge is 0.345 e. The van der Waals surface area contributed by atoms with Crippen LogP contribution in [0, 0.1) is 0 Å². The highest BCUT2D eigenvalue weighted by molar-refractivity contribution is 7.91. The van der Waals surface area contributed by atoms with Gasteiger partial charge in [0.2, 0.25) is 9.84 Å². The first kappa shape index (κ1) is 18.8. The highest BCUT2D eigenvalue weighted by Gasteiger charge is 2.27. The topological polar surface area (TPSA) is 130 Å². The fraction of sp³-hybridized carbons (Fsp3) is 0.250. The molecule has 4 heterocycles. The lowest BCUT2D eigenvalue weighted by atomic mass is 10.1. The van der Waals surface area contributed by atoms with Crippen LogP contribution in [0.5, 0.6) is 0 Å². The zero-order chi connectivity index (χ0) is 20.9. The summed E-state index contributed by atoms with van der Waals surface area (Å²) in [4.78, 5) is 35.1. The van der Waals surface area contributed by atoms with Crippen molar-refractivity contribution in [1.82, 2.24) is 24.8 Å². The highest BCUT2D eigenvalue weighted by atomic mass is 32.2. The zero-order valence-electron chi connectivity index (χ0n) is 15.9. The fourth-order valence-corrected chi connectivity index (χ4v) is 5.58. The number of hydrogen-bond acceptors (Lipinski definition) is 6. The standard InChI is InChI=1S/C20H19N5O4S/c26-19-20(27)25(12-6-8-21-9-7-12)17-14(24-19)10-22-18-16(17)15(11-23-18)30(28,29)13-4-2-1-3-5-13/h1-5,10-12,21H,6-9H2,(H,22,23)(H,24,26). The van der Waals surface area contributed by atoms with Crippen molar-refractivity contribution in [2.75, 3.05) is 13.1 Å². The number of nitrogens with one attached hydrogen (secondary N) is 3. The van der Waals surface area contributed by atoms with Crippen molar-refractivity contribution < 1.29 is 8.42 Å². The first-order valence-electron chi connectivity index (χ1n) is 9.64. The van der Waals surface area contributed by atoms with Crippen LogP contribution in [0.2, 0.25) is 0 Å². The molecule has 1 aromatic carbocycles. The van der Waals surface area contributed by atoms with Gasteiger partial charge in [0.25, 0.3) is 0 Å². The minimum Gasteiger partial charge on any atom is -0.345 e. The van der Waals surface area contributed by atoms with E-state index in [2.05, 4.69) is 20.3 Å². The van der Waals surface area contributed by atoms with Gasteiger partial charge in [-0.3, -0.25) is 14.2 Å². The van der Waals surface area contributed by atoms with Gasteiger partial charge in [0, 0.05) is 12.2 Å². The smallest absolute Gasteiger partial charge is 0.317 e. The number of pyridine rings is 1. The van der Waals surface area contributed by atoms with Gasteiger partial charge in [-0.15, -0.1) is 0 Å². The lowest BCUT2D eigenvalue weighted by Gasteiger charge is -2.26. The Morgan fingerprint density at radius 3 is 2.53 bits per heavy atom. The molecule has 154 valence electrons. The molecule has 0 spiro atoms. The highest BCUT2D eigenvalue weighted by Crippen LogP contribution is 2.33. The second-order valence-electron chi connectivity index (χ2n) is 7.32. The Morgan fingerprint density at radius 2 is 1.80 bits per heavy atom. The van der Waals surface area contributed by atoms with E-state index >= 15 is 0 Å². The first-order valence-corrected chi connectivity index (χ1v) is 11.1. The van der Waals surface area contributed by atoms with Crippen LogP contribution in [0.1, 0.15) is 18.9 Å². The van der Waals surface area contributed by atoms with Crippen LogP contribution >= 0.6 is 0 Å². The third-order valence-electron chi connectivity index (χ3n) is 5.56. The molecule has 0 radical (unpaired) electrons. The van der Waals surface area contributed by atoms with E-state index in [1.54, 1.807) is 18.2 Å². The van der Waals surface area contributed by atoms with E-state index in [1.165, 1.54) is 29.1 Å². The first-order chi connectivity index (χ1) is 14.5. The van der Waals surface area contributed by atoms with Crippen LogP contribution in [0.3, 0.4) is 0 Å². The van der Waals surface area contributed by atoms with E-state index in [-0.39, 0.29) is 15.8 Å². The number of rotatable bonds is 3. The van der Waals surface area contributed by atoms with Crippen LogP contribution in [-0.4, -0.2) is 41.0 Å². The molecule has 0 unspecified atom stereocenters. The van der Waals surface area contributed by atoms with E-state index in [0.717, 1.165) is 0 Å². The maximum Gasteiger partial charge on any atom is 0.317 e.